The van der Waals surface area contributed by atoms with Crippen molar-refractivity contribution in [3.05, 3.63) is 74.4 Å². The predicted octanol–water partition coefficient (Wildman–Crippen LogP) is 3.67. The van der Waals surface area contributed by atoms with Crippen molar-refractivity contribution in [2.24, 2.45) is 5.41 Å². The second kappa shape index (κ2) is 7.77. The number of benzene rings is 1. The first-order chi connectivity index (χ1) is 15.0. The topological polar surface area (TPSA) is 82.1 Å². The Kier molecular flexibility index (Phi) is 5.07. The van der Waals surface area contributed by atoms with Crippen LogP contribution in [0.4, 0.5) is 5.82 Å². The van der Waals surface area contributed by atoms with Crippen LogP contribution in [0.2, 0.25) is 5.15 Å². The van der Waals surface area contributed by atoms with Gasteiger partial charge in [0, 0.05) is 24.7 Å². The number of aromatic nitrogens is 3. The molecule has 0 saturated carbocycles. The van der Waals surface area contributed by atoms with Crippen LogP contribution in [0.15, 0.2) is 41.2 Å². The Hall–Kier alpha value is -2.70. The number of aryl methyl sites for hydroxylation is 1. The minimum absolute atomic E-state index is 0.205. The van der Waals surface area contributed by atoms with E-state index in [1.807, 2.05) is 6.92 Å². The zero-order chi connectivity index (χ0) is 21.6. The van der Waals surface area contributed by atoms with Crippen LogP contribution in [0.5, 0.6) is 0 Å². The zero-order valence-electron chi connectivity index (χ0n) is 17.5. The molecule has 1 fully saturated rings. The van der Waals surface area contributed by atoms with Crippen molar-refractivity contribution in [1.29, 1.82) is 0 Å². The Labute approximate surface area is 185 Å². The van der Waals surface area contributed by atoms with Gasteiger partial charge >= 0.3 is 0 Å². The summed E-state index contributed by atoms with van der Waals surface area (Å²) < 4.78 is 0. The van der Waals surface area contributed by atoms with Crippen molar-refractivity contribution in [2.45, 2.75) is 39.2 Å². The Bertz CT molecular complexity index is 1170. The molecule has 2 aromatic heterocycles. The number of nitrogens with zero attached hydrogens (tertiary/aromatic N) is 3. The lowest BCUT2D eigenvalue weighted by Crippen LogP contribution is -2.41. The molecule has 2 aliphatic rings. The SMILES string of the molecule is Cc1nc(N2CCC3(CC2)Cc2ccccc2C3)c(CO)nc1-c1ccc(=O)[nH]c1Cl. The van der Waals surface area contributed by atoms with E-state index in [9.17, 15) is 9.90 Å². The van der Waals surface area contributed by atoms with E-state index >= 15 is 0 Å². The van der Waals surface area contributed by atoms with Crippen LogP contribution >= 0.6 is 11.6 Å². The normalized spacial score (nSPS) is 17.2. The van der Waals surface area contributed by atoms with E-state index < -0.39 is 0 Å². The summed E-state index contributed by atoms with van der Waals surface area (Å²) in [5, 5.41) is 10.3. The lowest BCUT2D eigenvalue weighted by atomic mass is 9.76. The van der Waals surface area contributed by atoms with Gasteiger partial charge in [0.2, 0.25) is 5.56 Å². The van der Waals surface area contributed by atoms with Crippen molar-refractivity contribution in [2.75, 3.05) is 18.0 Å². The Morgan fingerprint density at radius 2 is 1.77 bits per heavy atom. The molecule has 2 N–H and O–H groups in total. The summed E-state index contributed by atoms with van der Waals surface area (Å²) in [5.74, 6) is 0.745. The van der Waals surface area contributed by atoms with Gasteiger partial charge in [-0.25, -0.2) is 9.97 Å². The molecule has 31 heavy (non-hydrogen) atoms. The number of piperidine rings is 1. The highest BCUT2D eigenvalue weighted by Crippen LogP contribution is 2.45. The number of fused-ring (bicyclic) bond motifs is 1. The summed E-state index contributed by atoms with van der Waals surface area (Å²) >= 11 is 6.23. The minimum Gasteiger partial charge on any atom is -0.390 e. The van der Waals surface area contributed by atoms with E-state index in [-0.39, 0.29) is 17.3 Å². The fourth-order valence-electron chi connectivity index (χ4n) is 5.11. The molecular formula is C24H25ClN4O2. The second-order valence-corrected chi connectivity index (χ2v) is 9.12. The lowest BCUT2D eigenvalue weighted by Gasteiger charge is -2.40. The number of aliphatic hydroxyl groups is 1. The maximum atomic E-state index is 11.5. The third-order valence-electron chi connectivity index (χ3n) is 6.77. The highest BCUT2D eigenvalue weighted by atomic mass is 35.5. The molecule has 6 nitrogen and oxygen atoms in total. The molecule has 0 amide bonds. The largest absolute Gasteiger partial charge is 0.390 e. The van der Waals surface area contributed by atoms with Gasteiger partial charge in [-0.15, -0.1) is 0 Å². The van der Waals surface area contributed by atoms with Crippen LogP contribution in [0.3, 0.4) is 0 Å². The van der Waals surface area contributed by atoms with E-state index in [0.29, 0.717) is 22.4 Å². The summed E-state index contributed by atoms with van der Waals surface area (Å²) in [6.45, 7) is 3.47. The van der Waals surface area contributed by atoms with Crippen LogP contribution in [-0.2, 0) is 19.4 Å². The van der Waals surface area contributed by atoms with Crippen molar-refractivity contribution < 1.29 is 5.11 Å². The predicted molar refractivity (Wildman–Crippen MR) is 121 cm³/mol. The molecule has 7 heteroatoms. The number of nitrogens with one attached hydrogen (secondary N) is 1. The molecule has 3 aromatic rings. The van der Waals surface area contributed by atoms with E-state index in [2.05, 4.69) is 39.1 Å². The molecule has 3 heterocycles. The molecule has 1 aliphatic heterocycles. The van der Waals surface area contributed by atoms with Gasteiger partial charge in [-0.3, -0.25) is 4.79 Å². The van der Waals surface area contributed by atoms with Crippen molar-refractivity contribution >= 4 is 17.4 Å². The summed E-state index contributed by atoms with van der Waals surface area (Å²) in [6, 6.07) is 11.8. The Balaban J connectivity index is 1.40. The quantitative estimate of drug-likeness (QED) is 0.612. The first-order valence-corrected chi connectivity index (χ1v) is 11.1. The molecule has 5 rings (SSSR count). The average molecular weight is 437 g/mol. The van der Waals surface area contributed by atoms with Crippen LogP contribution in [0.25, 0.3) is 11.3 Å². The van der Waals surface area contributed by atoms with Crippen LogP contribution in [0, 0.1) is 12.3 Å². The monoisotopic (exact) mass is 436 g/mol. The number of rotatable bonds is 3. The van der Waals surface area contributed by atoms with E-state index in [4.69, 9.17) is 16.6 Å². The van der Waals surface area contributed by atoms with Gasteiger partial charge in [0.05, 0.1) is 18.0 Å². The molecular weight excluding hydrogens is 412 g/mol. The van der Waals surface area contributed by atoms with E-state index in [0.717, 1.165) is 50.3 Å². The van der Waals surface area contributed by atoms with Gasteiger partial charge in [-0.2, -0.15) is 0 Å². The van der Waals surface area contributed by atoms with E-state index in [1.54, 1.807) is 6.07 Å². The number of pyridine rings is 1. The molecule has 1 saturated heterocycles. The highest BCUT2D eigenvalue weighted by molar-refractivity contribution is 6.32. The molecule has 1 spiro atoms. The third kappa shape index (κ3) is 3.64. The Morgan fingerprint density at radius 3 is 2.39 bits per heavy atom. The summed E-state index contributed by atoms with van der Waals surface area (Å²) in [6.07, 6.45) is 4.50. The fraction of sp³-hybridized carbons (Fsp3) is 0.375. The first kappa shape index (κ1) is 20.2. The maximum absolute atomic E-state index is 11.5. The van der Waals surface area contributed by atoms with Crippen LogP contribution in [-0.4, -0.2) is 33.1 Å². The Morgan fingerprint density at radius 1 is 1.10 bits per heavy atom. The number of hydrogen-bond acceptors (Lipinski definition) is 5. The molecule has 0 bridgehead atoms. The van der Waals surface area contributed by atoms with Crippen LogP contribution in [0.1, 0.15) is 35.4 Å². The zero-order valence-corrected chi connectivity index (χ0v) is 18.2. The third-order valence-corrected chi connectivity index (χ3v) is 7.07. The summed E-state index contributed by atoms with van der Waals surface area (Å²) in [4.78, 5) is 25.8. The first-order valence-electron chi connectivity index (χ1n) is 10.7. The molecule has 1 aliphatic carbocycles. The highest BCUT2D eigenvalue weighted by Gasteiger charge is 2.40. The standard InChI is InChI=1S/C24H25ClN4O2/c1-15-21(18-6-7-20(31)28-22(18)25)27-19(14-30)23(26-15)29-10-8-24(9-11-29)12-16-4-2-3-5-17(16)13-24/h2-7,30H,8-14H2,1H3,(H,28,31). The number of aliphatic hydroxyl groups excluding tert-OH is 1. The van der Waals surface area contributed by atoms with Gasteiger partial charge in [0.1, 0.15) is 10.8 Å². The molecule has 1 aromatic carbocycles. The van der Waals surface area contributed by atoms with Gasteiger partial charge in [-0.05, 0) is 55.2 Å². The molecule has 0 atom stereocenters. The van der Waals surface area contributed by atoms with Crippen molar-refractivity contribution in [1.82, 2.24) is 15.0 Å². The molecule has 0 unspecified atom stereocenters. The van der Waals surface area contributed by atoms with Crippen LogP contribution < -0.4 is 10.5 Å². The van der Waals surface area contributed by atoms with Crippen molar-refractivity contribution in [3.8, 4) is 11.3 Å². The van der Waals surface area contributed by atoms with Gasteiger partial charge in [-0.1, -0.05) is 35.9 Å². The fourth-order valence-corrected chi connectivity index (χ4v) is 5.35. The summed E-state index contributed by atoms with van der Waals surface area (Å²) in [7, 11) is 0. The number of H-pyrrole nitrogens is 1. The van der Waals surface area contributed by atoms with Crippen molar-refractivity contribution in [3.63, 3.8) is 0 Å². The number of anilines is 1. The van der Waals surface area contributed by atoms with Gasteiger partial charge < -0.3 is 15.0 Å². The lowest BCUT2D eigenvalue weighted by molar-refractivity contribution is 0.231. The number of hydrogen-bond donors (Lipinski definition) is 2. The van der Waals surface area contributed by atoms with E-state index in [1.165, 1.54) is 17.2 Å². The minimum atomic E-state index is -0.269. The second-order valence-electron chi connectivity index (χ2n) is 8.75. The average Bonchev–Trinajstić information content (AvgIpc) is 3.12. The number of halogens is 1. The molecule has 0 radical (unpaired) electrons. The summed E-state index contributed by atoms with van der Waals surface area (Å²) in [5.41, 5.74) is 5.49. The maximum Gasteiger partial charge on any atom is 0.249 e. The van der Waals surface area contributed by atoms with Gasteiger partial charge in [0.15, 0.2) is 5.82 Å². The smallest absolute Gasteiger partial charge is 0.249 e. The number of aromatic amines is 1. The van der Waals surface area contributed by atoms with Gasteiger partial charge in [0.25, 0.3) is 0 Å². The molecule has 160 valence electrons.